The Morgan fingerprint density at radius 3 is 2.60 bits per heavy atom. The third-order valence-electron chi connectivity index (χ3n) is 4.72. The summed E-state index contributed by atoms with van der Waals surface area (Å²) in [5.41, 5.74) is 3.41. The molecular weight excluding hydrogens is 336 g/mol. The van der Waals surface area contributed by atoms with Gasteiger partial charge in [-0.1, -0.05) is 35.9 Å². The van der Waals surface area contributed by atoms with Gasteiger partial charge in [0, 0.05) is 5.02 Å². The van der Waals surface area contributed by atoms with E-state index in [1.54, 1.807) is 0 Å². The molecule has 134 valence electrons. The topological polar surface area (TPSA) is 38.7 Å². The second-order valence-corrected chi connectivity index (χ2v) is 6.99. The molecule has 1 heterocycles. The summed E-state index contributed by atoms with van der Waals surface area (Å²) in [6.45, 7) is 4.57. The predicted molar refractivity (Wildman–Crippen MR) is 100 cm³/mol. The van der Waals surface area contributed by atoms with E-state index in [1.807, 2.05) is 38.1 Å². The van der Waals surface area contributed by atoms with E-state index in [0.29, 0.717) is 6.61 Å². The molecule has 1 saturated heterocycles. The van der Waals surface area contributed by atoms with Crippen molar-refractivity contribution in [1.82, 2.24) is 0 Å². The molecule has 0 spiro atoms. The molecular formula is C21H25ClO3. The first-order valence-electron chi connectivity index (χ1n) is 8.90. The van der Waals surface area contributed by atoms with Crippen molar-refractivity contribution in [3.05, 3.63) is 64.2 Å². The smallest absolute Gasteiger partial charge is 0.119 e. The van der Waals surface area contributed by atoms with Crippen molar-refractivity contribution in [2.24, 2.45) is 0 Å². The third kappa shape index (κ3) is 4.55. The highest BCUT2D eigenvalue weighted by molar-refractivity contribution is 6.31. The number of benzene rings is 2. The van der Waals surface area contributed by atoms with Gasteiger partial charge < -0.3 is 14.6 Å². The quantitative estimate of drug-likeness (QED) is 0.821. The van der Waals surface area contributed by atoms with Gasteiger partial charge >= 0.3 is 0 Å². The summed E-state index contributed by atoms with van der Waals surface area (Å²) in [4.78, 5) is 0. The van der Waals surface area contributed by atoms with Gasteiger partial charge in [-0.25, -0.2) is 0 Å². The largest absolute Gasteiger partial charge is 0.494 e. The van der Waals surface area contributed by atoms with Gasteiger partial charge in [-0.05, 0) is 68.0 Å². The Labute approximate surface area is 154 Å². The third-order valence-corrected chi connectivity index (χ3v) is 5.08. The summed E-state index contributed by atoms with van der Waals surface area (Å²) in [6, 6.07) is 14.2. The molecule has 0 unspecified atom stereocenters. The minimum absolute atomic E-state index is 0.0229. The van der Waals surface area contributed by atoms with Gasteiger partial charge in [0.25, 0.3) is 0 Å². The van der Waals surface area contributed by atoms with Crippen LogP contribution in [0.3, 0.4) is 0 Å². The van der Waals surface area contributed by atoms with Gasteiger partial charge in [0.05, 0.1) is 24.9 Å². The summed E-state index contributed by atoms with van der Waals surface area (Å²) in [5.74, 6) is 0.884. The fraction of sp³-hybridized carbons (Fsp3) is 0.429. The number of aliphatic hydroxyl groups excluding tert-OH is 1. The SMILES string of the molecule is CCOc1ccc(Cc2cc([C@H]3CC[C@H](O)[C@@H](C)O3)ccc2Cl)cc1. The zero-order chi connectivity index (χ0) is 17.8. The normalized spacial score (nSPS) is 23.4. The molecule has 1 N–H and O–H groups in total. The van der Waals surface area contributed by atoms with Crippen molar-refractivity contribution >= 4 is 11.6 Å². The second-order valence-electron chi connectivity index (χ2n) is 6.58. The molecule has 0 aliphatic carbocycles. The van der Waals surface area contributed by atoms with Crippen LogP contribution < -0.4 is 4.74 Å². The zero-order valence-corrected chi connectivity index (χ0v) is 15.5. The summed E-state index contributed by atoms with van der Waals surface area (Å²) in [6.07, 6.45) is 1.88. The summed E-state index contributed by atoms with van der Waals surface area (Å²) in [7, 11) is 0. The Kier molecular flexibility index (Phi) is 6.00. The second kappa shape index (κ2) is 8.22. The molecule has 1 fully saturated rings. The maximum absolute atomic E-state index is 9.84. The lowest BCUT2D eigenvalue weighted by molar-refractivity contribution is -0.110. The van der Waals surface area contributed by atoms with E-state index < -0.39 is 0 Å². The number of ether oxygens (including phenoxy) is 2. The Bertz CT molecular complexity index is 699. The number of aliphatic hydroxyl groups is 1. The van der Waals surface area contributed by atoms with Crippen LogP contribution >= 0.6 is 11.6 Å². The maximum atomic E-state index is 9.84. The molecule has 3 rings (SSSR count). The van der Waals surface area contributed by atoms with Crippen LogP contribution in [0.15, 0.2) is 42.5 Å². The molecule has 2 aromatic rings. The van der Waals surface area contributed by atoms with Crippen LogP contribution in [0.25, 0.3) is 0 Å². The highest BCUT2D eigenvalue weighted by Gasteiger charge is 2.27. The Morgan fingerprint density at radius 2 is 1.92 bits per heavy atom. The van der Waals surface area contributed by atoms with E-state index in [4.69, 9.17) is 21.1 Å². The van der Waals surface area contributed by atoms with Crippen molar-refractivity contribution < 1.29 is 14.6 Å². The van der Waals surface area contributed by atoms with Crippen LogP contribution in [0.1, 0.15) is 49.5 Å². The predicted octanol–water partition coefficient (Wildman–Crippen LogP) is 4.93. The van der Waals surface area contributed by atoms with E-state index in [9.17, 15) is 5.11 Å². The number of hydrogen-bond donors (Lipinski definition) is 1. The number of hydrogen-bond acceptors (Lipinski definition) is 3. The minimum Gasteiger partial charge on any atom is -0.494 e. The first kappa shape index (κ1) is 18.2. The molecule has 0 radical (unpaired) electrons. The first-order chi connectivity index (χ1) is 12.1. The van der Waals surface area contributed by atoms with Crippen LogP contribution in [0.5, 0.6) is 5.75 Å². The number of halogens is 1. The van der Waals surface area contributed by atoms with Crippen LogP contribution in [0.4, 0.5) is 0 Å². The van der Waals surface area contributed by atoms with Crippen LogP contribution in [0.2, 0.25) is 5.02 Å². The van der Waals surface area contributed by atoms with Crippen molar-refractivity contribution in [3.8, 4) is 5.75 Å². The fourth-order valence-electron chi connectivity index (χ4n) is 3.24. The Morgan fingerprint density at radius 1 is 1.16 bits per heavy atom. The van der Waals surface area contributed by atoms with Crippen LogP contribution in [0, 0.1) is 0 Å². The fourth-order valence-corrected chi connectivity index (χ4v) is 3.42. The molecule has 0 aromatic heterocycles. The van der Waals surface area contributed by atoms with Crippen molar-refractivity contribution in [3.63, 3.8) is 0 Å². The molecule has 2 aromatic carbocycles. The molecule has 25 heavy (non-hydrogen) atoms. The minimum atomic E-state index is -0.369. The molecule has 0 saturated carbocycles. The highest BCUT2D eigenvalue weighted by Crippen LogP contribution is 2.33. The van der Waals surface area contributed by atoms with Crippen LogP contribution in [-0.2, 0) is 11.2 Å². The average Bonchev–Trinajstić information content (AvgIpc) is 2.61. The molecule has 0 bridgehead atoms. The zero-order valence-electron chi connectivity index (χ0n) is 14.7. The lowest BCUT2D eigenvalue weighted by Gasteiger charge is -2.32. The van der Waals surface area contributed by atoms with Crippen molar-refractivity contribution in [2.45, 2.75) is 51.4 Å². The van der Waals surface area contributed by atoms with E-state index in [2.05, 4.69) is 18.2 Å². The number of rotatable bonds is 5. The summed E-state index contributed by atoms with van der Waals surface area (Å²) in [5, 5.41) is 10.6. The van der Waals surface area contributed by atoms with Gasteiger partial charge in [0.15, 0.2) is 0 Å². The average molecular weight is 361 g/mol. The monoisotopic (exact) mass is 360 g/mol. The summed E-state index contributed by atoms with van der Waals surface area (Å²) < 4.78 is 11.5. The molecule has 0 amide bonds. The molecule has 1 aliphatic rings. The lowest BCUT2D eigenvalue weighted by Crippen LogP contribution is -2.33. The van der Waals surface area contributed by atoms with Crippen molar-refractivity contribution in [2.75, 3.05) is 6.61 Å². The van der Waals surface area contributed by atoms with E-state index in [0.717, 1.165) is 41.2 Å². The van der Waals surface area contributed by atoms with Crippen LogP contribution in [-0.4, -0.2) is 23.9 Å². The Hall–Kier alpha value is -1.55. The van der Waals surface area contributed by atoms with Gasteiger partial charge in [0.2, 0.25) is 0 Å². The van der Waals surface area contributed by atoms with Gasteiger partial charge in [-0.15, -0.1) is 0 Å². The van der Waals surface area contributed by atoms with E-state index >= 15 is 0 Å². The molecule has 4 heteroatoms. The van der Waals surface area contributed by atoms with Gasteiger partial charge in [-0.3, -0.25) is 0 Å². The first-order valence-corrected chi connectivity index (χ1v) is 9.28. The van der Waals surface area contributed by atoms with E-state index in [1.165, 1.54) is 5.56 Å². The van der Waals surface area contributed by atoms with Gasteiger partial charge in [-0.2, -0.15) is 0 Å². The molecule has 1 aliphatic heterocycles. The summed E-state index contributed by atoms with van der Waals surface area (Å²) >= 11 is 6.41. The van der Waals surface area contributed by atoms with E-state index in [-0.39, 0.29) is 18.3 Å². The van der Waals surface area contributed by atoms with Gasteiger partial charge in [0.1, 0.15) is 5.75 Å². The van der Waals surface area contributed by atoms with Crippen molar-refractivity contribution in [1.29, 1.82) is 0 Å². The maximum Gasteiger partial charge on any atom is 0.119 e. The lowest BCUT2D eigenvalue weighted by atomic mass is 9.94. The molecule has 3 atom stereocenters. The molecule has 3 nitrogen and oxygen atoms in total. The Balaban J connectivity index is 1.75. The standard InChI is InChI=1S/C21H25ClO3/c1-3-24-18-7-4-15(5-8-18)12-17-13-16(6-9-19(17)22)21-11-10-20(23)14(2)25-21/h4-9,13-14,20-21,23H,3,10-12H2,1-2H3/t14-,20+,21-/m1/s1. The highest BCUT2D eigenvalue weighted by atomic mass is 35.5.